The van der Waals surface area contributed by atoms with Crippen LogP contribution in [0, 0.1) is 6.92 Å². The lowest BCUT2D eigenvalue weighted by molar-refractivity contribution is 0.101. The zero-order valence-corrected chi connectivity index (χ0v) is 15.9. The Bertz CT molecular complexity index is 950. The van der Waals surface area contributed by atoms with Crippen LogP contribution in [0.4, 0.5) is 16.6 Å². The number of hydrogen-bond donors (Lipinski definition) is 3. The van der Waals surface area contributed by atoms with Crippen LogP contribution in [0.3, 0.4) is 0 Å². The highest BCUT2D eigenvalue weighted by atomic mass is 32.1. The van der Waals surface area contributed by atoms with E-state index in [9.17, 15) is 9.59 Å². The van der Waals surface area contributed by atoms with Gasteiger partial charge in [-0.25, -0.2) is 4.98 Å². The van der Waals surface area contributed by atoms with E-state index in [1.165, 1.54) is 23.8 Å². The fraction of sp³-hybridized carbons (Fsp3) is 0.222. The quantitative estimate of drug-likeness (QED) is 0.596. The molecule has 2 aromatic heterocycles. The summed E-state index contributed by atoms with van der Waals surface area (Å²) in [6.07, 6.45) is 2.90. The van der Waals surface area contributed by atoms with Crippen LogP contribution >= 0.6 is 11.3 Å². The van der Waals surface area contributed by atoms with Crippen molar-refractivity contribution in [2.75, 3.05) is 16.0 Å². The molecule has 0 bridgehead atoms. The second kappa shape index (κ2) is 8.00. The van der Waals surface area contributed by atoms with E-state index in [1.54, 1.807) is 24.3 Å². The van der Waals surface area contributed by atoms with E-state index in [0.717, 1.165) is 5.56 Å². The Labute approximate surface area is 160 Å². The molecule has 27 heavy (non-hydrogen) atoms. The van der Waals surface area contributed by atoms with Gasteiger partial charge in [-0.3, -0.25) is 9.59 Å². The normalized spacial score (nSPS) is 10.7. The Morgan fingerprint density at radius 2 is 1.96 bits per heavy atom. The van der Waals surface area contributed by atoms with Gasteiger partial charge < -0.3 is 20.5 Å². The summed E-state index contributed by atoms with van der Waals surface area (Å²) in [5, 5.41) is 12.9. The number of rotatable bonds is 6. The summed E-state index contributed by atoms with van der Waals surface area (Å²) in [6, 6.07) is 6.84. The number of carbonyl (C=O) groups is 2. The maximum Gasteiger partial charge on any atom is 0.267 e. The van der Waals surface area contributed by atoms with Crippen molar-refractivity contribution in [3.63, 3.8) is 0 Å². The molecule has 0 atom stereocenters. The molecule has 2 heterocycles. The van der Waals surface area contributed by atoms with Gasteiger partial charge in [0.1, 0.15) is 11.1 Å². The van der Waals surface area contributed by atoms with Crippen molar-refractivity contribution in [1.29, 1.82) is 0 Å². The molecule has 3 N–H and O–H groups in total. The Kier molecular flexibility index (Phi) is 5.51. The van der Waals surface area contributed by atoms with E-state index in [2.05, 4.69) is 26.1 Å². The molecule has 1 aromatic carbocycles. The van der Waals surface area contributed by atoms with Crippen molar-refractivity contribution >= 4 is 39.8 Å². The summed E-state index contributed by atoms with van der Waals surface area (Å²) < 4.78 is 4.69. The summed E-state index contributed by atoms with van der Waals surface area (Å²) in [6.45, 7) is 5.85. The van der Waals surface area contributed by atoms with Gasteiger partial charge in [0.2, 0.25) is 0 Å². The van der Waals surface area contributed by atoms with Crippen LogP contribution in [-0.4, -0.2) is 28.0 Å². The Hall–Kier alpha value is -3.20. The van der Waals surface area contributed by atoms with E-state index in [-0.39, 0.29) is 17.9 Å². The Balaban J connectivity index is 1.73. The molecular weight excluding hydrogens is 366 g/mol. The standard InChI is InChI=1S/C18H19N5O3S/c1-10(2)20-18-19-9-14(27-18)17(25)21-13-8-12(5-4-11(13)3)16(24)22-15-6-7-26-23-15/h4-10H,1-3H3,(H,19,20)(H,21,25)(H,22,23,24). The second-order valence-corrected chi connectivity index (χ2v) is 7.18. The number of thiazole rings is 1. The summed E-state index contributed by atoms with van der Waals surface area (Å²) in [5.74, 6) is -0.303. The van der Waals surface area contributed by atoms with Crippen LogP contribution in [-0.2, 0) is 0 Å². The molecule has 0 saturated heterocycles. The number of amides is 2. The first-order valence-corrected chi connectivity index (χ1v) is 9.10. The molecule has 0 unspecified atom stereocenters. The molecule has 0 saturated carbocycles. The fourth-order valence-corrected chi connectivity index (χ4v) is 3.10. The minimum Gasteiger partial charge on any atom is -0.363 e. The van der Waals surface area contributed by atoms with Crippen molar-refractivity contribution in [1.82, 2.24) is 10.1 Å². The molecule has 0 aliphatic heterocycles. The fourth-order valence-electron chi connectivity index (χ4n) is 2.24. The van der Waals surface area contributed by atoms with Gasteiger partial charge in [0, 0.05) is 23.4 Å². The minimum atomic E-state index is -0.347. The molecule has 140 valence electrons. The maximum absolute atomic E-state index is 12.5. The highest BCUT2D eigenvalue weighted by Crippen LogP contribution is 2.23. The summed E-state index contributed by atoms with van der Waals surface area (Å²) in [5.41, 5.74) is 1.79. The molecular formula is C18H19N5O3S. The molecule has 0 radical (unpaired) electrons. The number of aromatic nitrogens is 2. The largest absolute Gasteiger partial charge is 0.363 e. The molecule has 0 aliphatic carbocycles. The number of nitrogens with one attached hydrogen (secondary N) is 3. The smallest absolute Gasteiger partial charge is 0.267 e. The van der Waals surface area contributed by atoms with Crippen LogP contribution in [0.15, 0.2) is 41.2 Å². The number of anilines is 3. The van der Waals surface area contributed by atoms with E-state index in [0.29, 0.717) is 27.1 Å². The Morgan fingerprint density at radius 1 is 1.15 bits per heavy atom. The van der Waals surface area contributed by atoms with E-state index in [1.807, 2.05) is 20.8 Å². The lowest BCUT2D eigenvalue weighted by Gasteiger charge is -2.10. The average Bonchev–Trinajstić information content (AvgIpc) is 3.28. The van der Waals surface area contributed by atoms with Crippen molar-refractivity contribution < 1.29 is 14.1 Å². The third-order valence-corrected chi connectivity index (χ3v) is 4.50. The van der Waals surface area contributed by atoms with Gasteiger partial charge in [-0.1, -0.05) is 22.6 Å². The third kappa shape index (κ3) is 4.70. The zero-order valence-electron chi connectivity index (χ0n) is 15.1. The van der Waals surface area contributed by atoms with E-state index >= 15 is 0 Å². The van der Waals surface area contributed by atoms with Crippen LogP contribution in [0.2, 0.25) is 0 Å². The summed E-state index contributed by atoms with van der Waals surface area (Å²) >= 11 is 1.28. The minimum absolute atomic E-state index is 0.231. The van der Waals surface area contributed by atoms with Gasteiger partial charge in [-0.15, -0.1) is 0 Å². The number of benzene rings is 1. The predicted octanol–water partition coefficient (Wildman–Crippen LogP) is 3.76. The summed E-state index contributed by atoms with van der Waals surface area (Å²) in [7, 11) is 0. The average molecular weight is 385 g/mol. The highest BCUT2D eigenvalue weighted by Gasteiger charge is 2.15. The zero-order chi connectivity index (χ0) is 19.4. The molecule has 2 amide bonds. The molecule has 0 spiro atoms. The summed E-state index contributed by atoms with van der Waals surface area (Å²) in [4.78, 5) is 29.5. The molecule has 9 heteroatoms. The predicted molar refractivity (Wildman–Crippen MR) is 104 cm³/mol. The number of aryl methyl sites for hydroxylation is 1. The number of carbonyl (C=O) groups excluding carboxylic acids is 2. The van der Waals surface area contributed by atoms with Gasteiger partial charge in [-0.05, 0) is 38.5 Å². The van der Waals surface area contributed by atoms with Gasteiger partial charge in [0.25, 0.3) is 11.8 Å². The first kappa shape index (κ1) is 18.6. The third-order valence-electron chi connectivity index (χ3n) is 3.57. The highest BCUT2D eigenvalue weighted by molar-refractivity contribution is 7.17. The van der Waals surface area contributed by atoms with Crippen molar-refractivity contribution in [2.45, 2.75) is 26.8 Å². The molecule has 8 nitrogen and oxygen atoms in total. The van der Waals surface area contributed by atoms with Gasteiger partial charge in [0.15, 0.2) is 10.9 Å². The first-order chi connectivity index (χ1) is 12.9. The van der Waals surface area contributed by atoms with Crippen molar-refractivity contribution in [3.05, 3.63) is 52.7 Å². The van der Waals surface area contributed by atoms with E-state index in [4.69, 9.17) is 4.52 Å². The van der Waals surface area contributed by atoms with E-state index < -0.39 is 0 Å². The van der Waals surface area contributed by atoms with Crippen LogP contribution in [0.1, 0.15) is 39.4 Å². The molecule has 3 rings (SSSR count). The number of nitrogens with zero attached hydrogens (tertiary/aromatic N) is 2. The molecule has 0 aliphatic rings. The van der Waals surface area contributed by atoms with Gasteiger partial charge in [-0.2, -0.15) is 0 Å². The lowest BCUT2D eigenvalue weighted by Crippen LogP contribution is -2.15. The SMILES string of the molecule is Cc1ccc(C(=O)Nc2ccon2)cc1NC(=O)c1cnc(NC(C)C)s1. The van der Waals surface area contributed by atoms with Gasteiger partial charge in [0.05, 0.1) is 6.20 Å². The Morgan fingerprint density at radius 3 is 2.67 bits per heavy atom. The number of hydrogen-bond acceptors (Lipinski definition) is 7. The lowest BCUT2D eigenvalue weighted by atomic mass is 10.1. The van der Waals surface area contributed by atoms with Crippen molar-refractivity contribution in [3.8, 4) is 0 Å². The first-order valence-electron chi connectivity index (χ1n) is 8.28. The topological polar surface area (TPSA) is 109 Å². The van der Waals surface area contributed by atoms with Crippen molar-refractivity contribution in [2.24, 2.45) is 0 Å². The van der Waals surface area contributed by atoms with Crippen LogP contribution in [0.25, 0.3) is 0 Å². The maximum atomic E-state index is 12.5. The molecule has 0 fully saturated rings. The molecule has 3 aromatic rings. The van der Waals surface area contributed by atoms with Gasteiger partial charge >= 0.3 is 0 Å². The monoisotopic (exact) mass is 385 g/mol. The second-order valence-electron chi connectivity index (χ2n) is 6.15. The van der Waals surface area contributed by atoms with Crippen LogP contribution in [0.5, 0.6) is 0 Å². The van der Waals surface area contributed by atoms with Crippen LogP contribution < -0.4 is 16.0 Å².